The van der Waals surface area contributed by atoms with Crippen molar-refractivity contribution < 1.29 is 9.47 Å². The quantitative estimate of drug-likeness (QED) is 0.926. The second-order valence-electron chi connectivity index (χ2n) is 5.47. The van der Waals surface area contributed by atoms with Crippen molar-refractivity contribution in [1.82, 2.24) is 5.32 Å². The maximum atomic E-state index is 6.10. The normalized spacial score (nSPS) is 26.0. The summed E-state index contributed by atoms with van der Waals surface area (Å²) < 4.78 is 12.9. The van der Waals surface area contributed by atoms with Gasteiger partial charge in [0.05, 0.1) is 19.3 Å². The number of piperidine rings is 1. The fourth-order valence-corrected chi connectivity index (χ4v) is 3.39. The van der Waals surface area contributed by atoms with E-state index >= 15 is 0 Å². The molecule has 1 saturated heterocycles. The summed E-state index contributed by atoms with van der Waals surface area (Å²) >= 11 is 3.57. The second kappa shape index (κ2) is 5.81. The van der Waals surface area contributed by atoms with Gasteiger partial charge in [-0.2, -0.15) is 0 Å². The number of ether oxygens (including phenoxy) is 2. The van der Waals surface area contributed by atoms with E-state index in [1.54, 1.807) is 0 Å². The van der Waals surface area contributed by atoms with E-state index in [4.69, 9.17) is 9.47 Å². The summed E-state index contributed by atoms with van der Waals surface area (Å²) in [6.45, 7) is 5.76. The van der Waals surface area contributed by atoms with Gasteiger partial charge in [-0.15, -0.1) is 0 Å². The Morgan fingerprint density at radius 2 is 2.37 bits per heavy atom. The van der Waals surface area contributed by atoms with Crippen molar-refractivity contribution in [3.8, 4) is 5.75 Å². The average Bonchev–Trinajstić information content (AvgIpc) is 2.85. The van der Waals surface area contributed by atoms with Crippen LogP contribution in [0.4, 0.5) is 0 Å². The molecule has 3 nitrogen and oxygen atoms in total. The Bertz CT molecular complexity index is 464. The van der Waals surface area contributed by atoms with E-state index in [0.29, 0.717) is 18.6 Å². The molecule has 1 fully saturated rings. The van der Waals surface area contributed by atoms with Gasteiger partial charge in [-0.3, -0.25) is 0 Å². The van der Waals surface area contributed by atoms with Gasteiger partial charge in [0.2, 0.25) is 0 Å². The molecule has 2 unspecified atom stereocenters. The number of benzene rings is 1. The van der Waals surface area contributed by atoms with Gasteiger partial charge in [0.1, 0.15) is 5.75 Å². The van der Waals surface area contributed by atoms with Gasteiger partial charge >= 0.3 is 0 Å². The summed E-state index contributed by atoms with van der Waals surface area (Å²) in [5.74, 6) is 1.67. The van der Waals surface area contributed by atoms with E-state index in [1.807, 2.05) is 0 Å². The highest BCUT2D eigenvalue weighted by molar-refractivity contribution is 9.10. The van der Waals surface area contributed by atoms with E-state index in [2.05, 4.69) is 40.3 Å². The summed E-state index contributed by atoms with van der Waals surface area (Å²) in [6.07, 6.45) is 2.51. The van der Waals surface area contributed by atoms with Crippen LogP contribution in [0.15, 0.2) is 16.6 Å². The molecule has 1 aromatic rings. The summed E-state index contributed by atoms with van der Waals surface area (Å²) in [5.41, 5.74) is 2.46. The molecule has 0 radical (unpaired) electrons. The van der Waals surface area contributed by atoms with Crippen LogP contribution in [0.5, 0.6) is 5.75 Å². The van der Waals surface area contributed by atoms with Gasteiger partial charge in [-0.05, 0) is 36.6 Å². The molecule has 0 amide bonds. The first-order chi connectivity index (χ1) is 9.24. The molecule has 1 N–H and O–H groups in total. The predicted molar refractivity (Wildman–Crippen MR) is 78.6 cm³/mol. The van der Waals surface area contributed by atoms with Crippen LogP contribution in [-0.2, 0) is 17.8 Å². The molecule has 104 valence electrons. The first-order valence-electron chi connectivity index (χ1n) is 7.00. The van der Waals surface area contributed by atoms with Gasteiger partial charge < -0.3 is 14.8 Å². The van der Waals surface area contributed by atoms with E-state index < -0.39 is 0 Å². The fraction of sp³-hybridized carbons (Fsp3) is 0.600. The van der Waals surface area contributed by atoms with Crippen molar-refractivity contribution in [1.29, 1.82) is 0 Å². The standard InChI is InChI=1S/C15H20BrNO2/c1-10-2-4-17-8-14(10)19-9-12-7-13(16)6-11-3-5-18-15(11)12/h6-7,10,14,17H,2-5,8-9H2,1H3. The predicted octanol–water partition coefficient (Wildman–Crippen LogP) is 2.90. The Morgan fingerprint density at radius 3 is 3.21 bits per heavy atom. The molecule has 19 heavy (non-hydrogen) atoms. The highest BCUT2D eigenvalue weighted by Gasteiger charge is 2.23. The van der Waals surface area contributed by atoms with Crippen LogP contribution in [0, 0.1) is 5.92 Å². The van der Waals surface area contributed by atoms with E-state index in [-0.39, 0.29) is 0 Å². The van der Waals surface area contributed by atoms with E-state index in [9.17, 15) is 0 Å². The summed E-state index contributed by atoms with van der Waals surface area (Å²) in [6, 6.07) is 4.27. The van der Waals surface area contributed by atoms with Crippen LogP contribution in [0.1, 0.15) is 24.5 Å². The zero-order valence-electron chi connectivity index (χ0n) is 11.2. The van der Waals surface area contributed by atoms with Crippen LogP contribution in [0.2, 0.25) is 0 Å². The second-order valence-corrected chi connectivity index (χ2v) is 6.39. The lowest BCUT2D eigenvalue weighted by Crippen LogP contribution is -2.40. The Morgan fingerprint density at radius 1 is 1.47 bits per heavy atom. The molecule has 0 aliphatic carbocycles. The lowest BCUT2D eigenvalue weighted by atomic mass is 9.97. The monoisotopic (exact) mass is 325 g/mol. The molecule has 0 aromatic heterocycles. The maximum Gasteiger partial charge on any atom is 0.128 e. The molecule has 2 heterocycles. The largest absolute Gasteiger partial charge is 0.493 e. The maximum absolute atomic E-state index is 6.10. The first kappa shape index (κ1) is 13.4. The molecule has 2 atom stereocenters. The van der Waals surface area contributed by atoms with Crippen molar-refractivity contribution in [3.63, 3.8) is 0 Å². The fourth-order valence-electron chi connectivity index (χ4n) is 2.83. The minimum atomic E-state index is 0.310. The van der Waals surface area contributed by atoms with Crippen LogP contribution in [0.3, 0.4) is 0 Å². The smallest absolute Gasteiger partial charge is 0.128 e. The molecular formula is C15H20BrNO2. The van der Waals surface area contributed by atoms with Gasteiger partial charge in [0.25, 0.3) is 0 Å². The number of rotatable bonds is 3. The first-order valence-corrected chi connectivity index (χ1v) is 7.80. The average molecular weight is 326 g/mol. The third-order valence-electron chi connectivity index (χ3n) is 4.03. The summed E-state index contributed by atoms with van der Waals surface area (Å²) in [4.78, 5) is 0. The molecular weight excluding hydrogens is 306 g/mol. The zero-order valence-corrected chi connectivity index (χ0v) is 12.8. The minimum absolute atomic E-state index is 0.310. The summed E-state index contributed by atoms with van der Waals surface area (Å²) in [5, 5.41) is 3.40. The van der Waals surface area contributed by atoms with Crippen molar-refractivity contribution in [3.05, 3.63) is 27.7 Å². The molecule has 2 aliphatic heterocycles. The van der Waals surface area contributed by atoms with E-state index in [1.165, 1.54) is 17.5 Å². The Hall–Kier alpha value is -0.580. The Labute approximate surface area is 122 Å². The zero-order chi connectivity index (χ0) is 13.2. The van der Waals surface area contributed by atoms with Crippen molar-refractivity contribution >= 4 is 15.9 Å². The lowest BCUT2D eigenvalue weighted by molar-refractivity contribution is -0.00727. The Balaban J connectivity index is 1.70. The van der Waals surface area contributed by atoms with Crippen LogP contribution in [-0.4, -0.2) is 25.8 Å². The number of halogens is 1. The SMILES string of the molecule is CC1CCNCC1OCc1cc(Br)cc2c1OCC2. The van der Waals surface area contributed by atoms with Gasteiger partial charge in [-0.1, -0.05) is 22.9 Å². The Kier molecular flexibility index (Phi) is 4.10. The van der Waals surface area contributed by atoms with E-state index in [0.717, 1.165) is 36.3 Å². The number of hydrogen-bond acceptors (Lipinski definition) is 3. The third-order valence-corrected chi connectivity index (χ3v) is 4.49. The highest BCUT2D eigenvalue weighted by atomic mass is 79.9. The van der Waals surface area contributed by atoms with Crippen LogP contribution >= 0.6 is 15.9 Å². The summed E-state index contributed by atoms with van der Waals surface area (Å²) in [7, 11) is 0. The minimum Gasteiger partial charge on any atom is -0.493 e. The topological polar surface area (TPSA) is 30.5 Å². The molecule has 0 saturated carbocycles. The van der Waals surface area contributed by atoms with Gasteiger partial charge in [0, 0.05) is 23.0 Å². The number of hydrogen-bond donors (Lipinski definition) is 1. The van der Waals surface area contributed by atoms with Crippen LogP contribution < -0.4 is 10.1 Å². The number of nitrogens with one attached hydrogen (secondary N) is 1. The van der Waals surface area contributed by atoms with Crippen molar-refractivity contribution in [2.75, 3.05) is 19.7 Å². The van der Waals surface area contributed by atoms with Gasteiger partial charge in [0.15, 0.2) is 0 Å². The van der Waals surface area contributed by atoms with Gasteiger partial charge in [-0.25, -0.2) is 0 Å². The highest BCUT2D eigenvalue weighted by Crippen LogP contribution is 2.33. The molecule has 2 aliphatic rings. The number of fused-ring (bicyclic) bond motifs is 1. The molecule has 3 rings (SSSR count). The molecule has 0 bridgehead atoms. The van der Waals surface area contributed by atoms with Crippen LogP contribution in [0.25, 0.3) is 0 Å². The lowest BCUT2D eigenvalue weighted by Gasteiger charge is -2.29. The molecule has 0 spiro atoms. The van der Waals surface area contributed by atoms with Crippen molar-refractivity contribution in [2.24, 2.45) is 5.92 Å². The third kappa shape index (κ3) is 2.96. The molecule has 1 aromatic carbocycles. The van der Waals surface area contributed by atoms with Crippen molar-refractivity contribution in [2.45, 2.75) is 32.5 Å². The molecule has 4 heteroatoms.